The highest BCUT2D eigenvalue weighted by molar-refractivity contribution is 6.32. The maximum Gasteiger partial charge on any atom is 0.372 e. The van der Waals surface area contributed by atoms with Crippen LogP contribution < -0.4 is 5.73 Å². The summed E-state index contributed by atoms with van der Waals surface area (Å²) >= 11 is 0. The monoisotopic (exact) mass is 261 g/mol. The lowest BCUT2D eigenvalue weighted by Gasteiger charge is -2.07. The lowest BCUT2D eigenvalue weighted by Crippen LogP contribution is -2.31. The predicted molar refractivity (Wildman–Crippen MR) is 67.2 cm³/mol. The molecule has 0 aromatic heterocycles. The highest BCUT2D eigenvalue weighted by Gasteiger charge is 2.12. The second kappa shape index (κ2) is 9.58. The molecule has 1 atom stereocenters. The van der Waals surface area contributed by atoms with Crippen LogP contribution in [0, 0.1) is 11.8 Å². The second-order valence-electron chi connectivity index (χ2n) is 4.90. The van der Waals surface area contributed by atoms with E-state index in [1.165, 1.54) is 0 Å². The first-order chi connectivity index (χ1) is 8.07. The number of hydrogen-bond donors (Lipinski definition) is 3. The normalized spacial score (nSPS) is 11.7. The molecule has 0 amide bonds. The van der Waals surface area contributed by atoms with Gasteiger partial charge in [0.25, 0.3) is 0 Å². The van der Waals surface area contributed by atoms with E-state index in [2.05, 4.69) is 0 Å². The van der Waals surface area contributed by atoms with Crippen LogP contribution in [0.4, 0.5) is 0 Å². The number of carboxylic acids is 2. The van der Waals surface area contributed by atoms with Gasteiger partial charge in [-0.3, -0.25) is 9.59 Å². The van der Waals surface area contributed by atoms with E-state index in [-0.39, 0.29) is 12.3 Å². The molecule has 0 rings (SSSR count). The van der Waals surface area contributed by atoms with Crippen molar-refractivity contribution in [1.82, 2.24) is 0 Å². The smallest absolute Gasteiger partial charge is 0.372 e. The lowest BCUT2D eigenvalue weighted by atomic mass is 10.1. The third kappa shape index (κ3) is 12.6. The van der Waals surface area contributed by atoms with Gasteiger partial charge in [0.2, 0.25) is 5.78 Å². The molecule has 0 aliphatic rings. The minimum Gasteiger partial charge on any atom is -0.480 e. The number of aliphatic carboxylic acids is 2. The lowest BCUT2D eigenvalue weighted by molar-refractivity contribution is -0.149. The van der Waals surface area contributed by atoms with Gasteiger partial charge < -0.3 is 15.9 Å². The van der Waals surface area contributed by atoms with Gasteiger partial charge in [-0.1, -0.05) is 27.7 Å². The molecule has 0 aromatic rings. The van der Waals surface area contributed by atoms with Crippen molar-refractivity contribution < 1.29 is 24.6 Å². The van der Waals surface area contributed by atoms with Gasteiger partial charge in [0.15, 0.2) is 0 Å². The molecule has 6 nitrogen and oxygen atoms in total. The average Bonchev–Trinajstić information content (AvgIpc) is 2.16. The molecule has 6 heteroatoms. The highest BCUT2D eigenvalue weighted by Crippen LogP contribution is 2.01. The van der Waals surface area contributed by atoms with Gasteiger partial charge >= 0.3 is 11.9 Å². The van der Waals surface area contributed by atoms with E-state index in [4.69, 9.17) is 15.9 Å². The maximum atomic E-state index is 10.4. The minimum absolute atomic E-state index is 0.133. The zero-order valence-electron chi connectivity index (χ0n) is 11.3. The van der Waals surface area contributed by atoms with E-state index in [9.17, 15) is 14.4 Å². The number of rotatable bonds is 6. The molecule has 0 aromatic carbocycles. The molecular formula is C12H23NO5. The summed E-state index contributed by atoms with van der Waals surface area (Å²) in [4.78, 5) is 30.3. The summed E-state index contributed by atoms with van der Waals surface area (Å²) in [5, 5.41) is 16.4. The summed E-state index contributed by atoms with van der Waals surface area (Å²) in [6.07, 6.45) is 0.685. The second-order valence-corrected chi connectivity index (χ2v) is 4.90. The Bertz CT molecular complexity index is 286. The number of ketones is 1. The van der Waals surface area contributed by atoms with Crippen LogP contribution >= 0.6 is 0 Å². The van der Waals surface area contributed by atoms with Crippen molar-refractivity contribution in [2.75, 3.05) is 0 Å². The van der Waals surface area contributed by atoms with Gasteiger partial charge in [-0.15, -0.1) is 0 Å². The van der Waals surface area contributed by atoms with Gasteiger partial charge in [0.1, 0.15) is 6.04 Å². The molecule has 0 aliphatic carbocycles. The number of carbonyl (C=O) groups is 3. The van der Waals surface area contributed by atoms with Gasteiger partial charge in [-0.25, -0.2) is 4.79 Å². The maximum absolute atomic E-state index is 10.4. The van der Waals surface area contributed by atoms with Crippen LogP contribution in [0.5, 0.6) is 0 Å². The van der Waals surface area contributed by atoms with Crippen LogP contribution in [0.15, 0.2) is 0 Å². The molecule has 0 saturated carbocycles. The number of carboxylic acid groups (broad SMARTS) is 2. The molecule has 18 heavy (non-hydrogen) atoms. The van der Waals surface area contributed by atoms with E-state index < -0.39 is 23.8 Å². The molecule has 0 saturated heterocycles. The summed E-state index contributed by atoms with van der Waals surface area (Å²) in [5.41, 5.74) is 5.22. The molecule has 0 spiro atoms. The van der Waals surface area contributed by atoms with E-state index in [0.29, 0.717) is 12.3 Å². The Morgan fingerprint density at radius 2 is 1.44 bits per heavy atom. The van der Waals surface area contributed by atoms with Gasteiger partial charge in [0, 0.05) is 6.42 Å². The van der Waals surface area contributed by atoms with Crippen LogP contribution in [0.3, 0.4) is 0 Å². The fourth-order valence-corrected chi connectivity index (χ4v) is 1.07. The SMILES string of the molecule is CC(C)CC(=O)C(=O)O.CC(C)C[C@@H](N)C(=O)O. The molecular weight excluding hydrogens is 238 g/mol. The molecule has 0 radical (unpaired) electrons. The van der Waals surface area contributed by atoms with Crippen LogP contribution in [0.25, 0.3) is 0 Å². The highest BCUT2D eigenvalue weighted by atomic mass is 16.4. The molecule has 0 aliphatic heterocycles. The number of Topliss-reactive ketones (excluding diaryl/α,β-unsaturated/α-hetero) is 1. The van der Waals surface area contributed by atoms with Crippen molar-refractivity contribution in [2.45, 2.75) is 46.6 Å². The summed E-state index contributed by atoms with van der Waals surface area (Å²) in [7, 11) is 0. The molecule has 0 heterocycles. The Labute approximate surface area is 107 Å². The van der Waals surface area contributed by atoms with Crippen molar-refractivity contribution in [1.29, 1.82) is 0 Å². The number of nitrogens with two attached hydrogens (primary N) is 1. The van der Waals surface area contributed by atoms with Gasteiger partial charge in [0.05, 0.1) is 0 Å². The van der Waals surface area contributed by atoms with E-state index in [0.717, 1.165) is 0 Å². The van der Waals surface area contributed by atoms with Crippen molar-refractivity contribution in [3.63, 3.8) is 0 Å². The zero-order chi connectivity index (χ0) is 14.9. The molecule has 0 bridgehead atoms. The Morgan fingerprint density at radius 1 is 1.00 bits per heavy atom. The third-order valence-corrected chi connectivity index (χ3v) is 1.87. The summed E-state index contributed by atoms with van der Waals surface area (Å²) in [5.74, 6) is -2.46. The van der Waals surface area contributed by atoms with E-state index in [1.54, 1.807) is 13.8 Å². The topological polar surface area (TPSA) is 118 Å². The standard InChI is InChI=1S/C6H13NO2.C6H10O3/c2*1-4(2)3-5(7)6(8)9/h4-5H,3,7H2,1-2H3,(H,8,9);4H,3H2,1-2H3,(H,8,9)/t5-;/m1./s1. The van der Waals surface area contributed by atoms with Crippen LogP contribution in [0.1, 0.15) is 40.5 Å². The van der Waals surface area contributed by atoms with Crippen molar-refractivity contribution in [3.05, 3.63) is 0 Å². The van der Waals surface area contributed by atoms with Crippen molar-refractivity contribution in [3.8, 4) is 0 Å². The Hall–Kier alpha value is -1.43. The molecule has 4 N–H and O–H groups in total. The third-order valence-electron chi connectivity index (χ3n) is 1.87. The first-order valence-electron chi connectivity index (χ1n) is 5.82. The summed E-state index contributed by atoms with van der Waals surface area (Å²) in [6, 6.07) is -0.690. The molecule has 0 fully saturated rings. The Morgan fingerprint density at radius 3 is 1.56 bits per heavy atom. The first kappa shape index (κ1) is 18.9. The van der Waals surface area contributed by atoms with Crippen LogP contribution in [0.2, 0.25) is 0 Å². The van der Waals surface area contributed by atoms with Gasteiger partial charge in [-0.05, 0) is 18.3 Å². The first-order valence-corrected chi connectivity index (χ1v) is 5.82. The average molecular weight is 261 g/mol. The van der Waals surface area contributed by atoms with Crippen molar-refractivity contribution >= 4 is 17.7 Å². The van der Waals surface area contributed by atoms with Gasteiger partial charge in [-0.2, -0.15) is 0 Å². The minimum atomic E-state index is -1.33. The zero-order valence-corrected chi connectivity index (χ0v) is 11.3. The summed E-state index contributed by atoms with van der Waals surface area (Å²) < 4.78 is 0. The Balaban J connectivity index is 0. The predicted octanol–water partition coefficient (Wildman–Crippen LogP) is 1.13. The largest absolute Gasteiger partial charge is 0.480 e. The molecule has 0 unspecified atom stereocenters. The number of hydrogen-bond acceptors (Lipinski definition) is 4. The van der Waals surface area contributed by atoms with Crippen molar-refractivity contribution in [2.24, 2.45) is 17.6 Å². The quantitative estimate of drug-likeness (QED) is 0.617. The summed E-state index contributed by atoms with van der Waals surface area (Å²) in [6.45, 7) is 7.51. The van der Waals surface area contributed by atoms with E-state index in [1.807, 2.05) is 13.8 Å². The fourth-order valence-electron chi connectivity index (χ4n) is 1.07. The number of carbonyl (C=O) groups excluding carboxylic acids is 1. The van der Waals surface area contributed by atoms with Crippen LogP contribution in [-0.2, 0) is 14.4 Å². The molecule has 106 valence electrons. The van der Waals surface area contributed by atoms with Crippen LogP contribution in [-0.4, -0.2) is 34.0 Å². The fraction of sp³-hybridized carbons (Fsp3) is 0.750. The Kier molecular flexibility index (Phi) is 10.1. The van der Waals surface area contributed by atoms with E-state index >= 15 is 0 Å².